The molecule has 0 aliphatic heterocycles. The molecule has 0 spiro atoms. The van der Waals surface area contributed by atoms with Gasteiger partial charge in [-0.15, -0.1) is 0 Å². The van der Waals surface area contributed by atoms with E-state index in [2.05, 4.69) is 19.2 Å². The molecule has 27 heavy (non-hydrogen) atoms. The Bertz CT molecular complexity index is 897. The molecule has 0 radical (unpaired) electrons. The van der Waals surface area contributed by atoms with Crippen LogP contribution in [0.4, 0.5) is 5.69 Å². The van der Waals surface area contributed by atoms with E-state index in [0.29, 0.717) is 35.4 Å². The number of benzene rings is 2. The van der Waals surface area contributed by atoms with Crippen LogP contribution >= 0.6 is 0 Å². The lowest BCUT2D eigenvalue weighted by atomic mass is 9.72. The van der Waals surface area contributed by atoms with E-state index in [-0.39, 0.29) is 17.1 Å². The largest absolute Gasteiger partial charge is 0.462 e. The van der Waals surface area contributed by atoms with Crippen molar-refractivity contribution in [3.8, 4) is 0 Å². The predicted molar refractivity (Wildman–Crippen MR) is 103 cm³/mol. The molecule has 2 aromatic carbocycles. The number of carbonyl (C=O) groups is 3. The third-order valence-corrected chi connectivity index (χ3v) is 4.94. The molecule has 1 aliphatic rings. The van der Waals surface area contributed by atoms with Gasteiger partial charge in [-0.3, -0.25) is 9.59 Å². The molecule has 140 valence electrons. The number of rotatable bonds is 4. The van der Waals surface area contributed by atoms with E-state index < -0.39 is 5.97 Å². The molecule has 0 heterocycles. The number of Topliss-reactive ketones (excluding diaryl/α,β-unsaturated/α-hetero) is 1. The third-order valence-electron chi connectivity index (χ3n) is 4.94. The maximum Gasteiger partial charge on any atom is 0.338 e. The van der Waals surface area contributed by atoms with Crippen molar-refractivity contribution in [1.29, 1.82) is 0 Å². The van der Waals surface area contributed by atoms with E-state index in [0.717, 1.165) is 12.0 Å². The molecule has 0 atom stereocenters. The van der Waals surface area contributed by atoms with Gasteiger partial charge in [0.25, 0.3) is 5.91 Å². The molecule has 1 aliphatic carbocycles. The van der Waals surface area contributed by atoms with Crippen LogP contribution in [0.3, 0.4) is 0 Å². The highest BCUT2D eigenvalue weighted by Gasteiger charge is 2.32. The van der Waals surface area contributed by atoms with Gasteiger partial charge in [0.05, 0.1) is 12.2 Å². The summed E-state index contributed by atoms with van der Waals surface area (Å²) in [5, 5.41) is 2.80. The Balaban J connectivity index is 1.78. The molecule has 2 aromatic rings. The standard InChI is InChI=1S/C22H23NO4/c1-4-27-21(26)14-5-8-16(9-6-14)23-20(25)15-7-10-18-17(13-15)19(24)11-12-22(18,2)3/h5-10,13H,4,11-12H2,1-3H3,(H,23,25). The Morgan fingerprint density at radius 2 is 1.74 bits per heavy atom. The number of carbonyl (C=O) groups excluding carboxylic acids is 3. The van der Waals surface area contributed by atoms with E-state index in [1.165, 1.54) is 0 Å². The molecular formula is C22H23NO4. The molecule has 0 bridgehead atoms. The van der Waals surface area contributed by atoms with Crippen molar-refractivity contribution in [3.05, 3.63) is 64.7 Å². The molecule has 5 nitrogen and oxygen atoms in total. The van der Waals surface area contributed by atoms with Gasteiger partial charge in [-0.25, -0.2) is 4.79 Å². The summed E-state index contributed by atoms with van der Waals surface area (Å²) < 4.78 is 4.94. The van der Waals surface area contributed by atoms with Gasteiger partial charge in [0.1, 0.15) is 0 Å². The van der Waals surface area contributed by atoms with Crippen molar-refractivity contribution < 1.29 is 19.1 Å². The van der Waals surface area contributed by atoms with Gasteiger partial charge < -0.3 is 10.1 Å². The lowest BCUT2D eigenvalue weighted by Gasteiger charge is -2.31. The summed E-state index contributed by atoms with van der Waals surface area (Å²) in [7, 11) is 0. The Labute approximate surface area is 158 Å². The number of anilines is 1. The SMILES string of the molecule is CCOC(=O)c1ccc(NC(=O)c2ccc3c(c2)C(=O)CCC3(C)C)cc1. The zero-order valence-corrected chi connectivity index (χ0v) is 15.8. The fourth-order valence-corrected chi connectivity index (χ4v) is 3.31. The topological polar surface area (TPSA) is 72.5 Å². The van der Waals surface area contributed by atoms with Crippen LogP contribution in [0.2, 0.25) is 0 Å². The number of ketones is 1. The summed E-state index contributed by atoms with van der Waals surface area (Å²) >= 11 is 0. The zero-order valence-electron chi connectivity index (χ0n) is 15.8. The van der Waals surface area contributed by atoms with E-state index in [9.17, 15) is 14.4 Å². The quantitative estimate of drug-likeness (QED) is 0.817. The van der Waals surface area contributed by atoms with E-state index in [1.807, 2.05) is 6.07 Å². The van der Waals surface area contributed by atoms with Gasteiger partial charge in [0, 0.05) is 23.2 Å². The van der Waals surface area contributed by atoms with Crippen LogP contribution in [0.15, 0.2) is 42.5 Å². The summed E-state index contributed by atoms with van der Waals surface area (Å²) in [6.07, 6.45) is 1.32. The maximum absolute atomic E-state index is 12.6. The molecule has 0 aromatic heterocycles. The second-order valence-corrected chi connectivity index (χ2v) is 7.32. The van der Waals surface area contributed by atoms with E-state index in [4.69, 9.17) is 4.74 Å². The minimum absolute atomic E-state index is 0.0683. The number of hydrogen-bond donors (Lipinski definition) is 1. The number of fused-ring (bicyclic) bond motifs is 1. The van der Waals surface area contributed by atoms with Crippen molar-refractivity contribution in [2.24, 2.45) is 0 Å². The molecule has 0 fully saturated rings. The van der Waals surface area contributed by atoms with Gasteiger partial charge in [-0.1, -0.05) is 19.9 Å². The molecule has 0 saturated heterocycles. The summed E-state index contributed by atoms with van der Waals surface area (Å²) in [6.45, 7) is 6.29. The summed E-state index contributed by atoms with van der Waals surface area (Å²) in [5.74, 6) is -0.609. The summed E-state index contributed by atoms with van der Waals surface area (Å²) in [5.41, 5.74) is 3.00. The van der Waals surface area contributed by atoms with Crippen LogP contribution < -0.4 is 5.32 Å². The van der Waals surface area contributed by atoms with Crippen LogP contribution in [-0.4, -0.2) is 24.3 Å². The number of esters is 1. The fourth-order valence-electron chi connectivity index (χ4n) is 3.31. The van der Waals surface area contributed by atoms with E-state index >= 15 is 0 Å². The van der Waals surface area contributed by atoms with Crippen molar-refractivity contribution in [2.45, 2.75) is 39.0 Å². The van der Waals surface area contributed by atoms with Crippen molar-refractivity contribution in [3.63, 3.8) is 0 Å². The van der Waals surface area contributed by atoms with Crippen LogP contribution in [-0.2, 0) is 10.2 Å². The van der Waals surface area contributed by atoms with Gasteiger partial charge >= 0.3 is 5.97 Å². The first kappa shape index (κ1) is 18.8. The van der Waals surface area contributed by atoms with Crippen LogP contribution in [0.1, 0.15) is 70.3 Å². The monoisotopic (exact) mass is 365 g/mol. The lowest BCUT2D eigenvalue weighted by molar-refractivity contribution is 0.0526. The van der Waals surface area contributed by atoms with Crippen LogP contribution in [0.25, 0.3) is 0 Å². The van der Waals surface area contributed by atoms with Crippen molar-refractivity contribution >= 4 is 23.3 Å². The normalized spacial score (nSPS) is 15.0. The second-order valence-electron chi connectivity index (χ2n) is 7.32. The molecule has 3 rings (SSSR count). The average Bonchev–Trinajstić information content (AvgIpc) is 2.65. The zero-order chi connectivity index (χ0) is 19.6. The first-order chi connectivity index (χ1) is 12.8. The molecule has 0 unspecified atom stereocenters. The van der Waals surface area contributed by atoms with Gasteiger partial charge in [-0.2, -0.15) is 0 Å². The van der Waals surface area contributed by atoms with Gasteiger partial charge in [0.2, 0.25) is 0 Å². The molecule has 5 heteroatoms. The average molecular weight is 365 g/mol. The van der Waals surface area contributed by atoms with Gasteiger partial charge in [-0.05, 0) is 60.7 Å². The summed E-state index contributed by atoms with van der Waals surface area (Å²) in [4.78, 5) is 36.5. The first-order valence-corrected chi connectivity index (χ1v) is 9.08. The Morgan fingerprint density at radius 1 is 1.07 bits per heavy atom. The highest BCUT2D eigenvalue weighted by atomic mass is 16.5. The molecule has 1 N–H and O–H groups in total. The number of ether oxygens (including phenoxy) is 1. The second kappa shape index (κ2) is 7.35. The lowest BCUT2D eigenvalue weighted by Crippen LogP contribution is -2.28. The maximum atomic E-state index is 12.6. The Kier molecular flexibility index (Phi) is 5.13. The number of hydrogen-bond acceptors (Lipinski definition) is 4. The minimum Gasteiger partial charge on any atom is -0.462 e. The van der Waals surface area contributed by atoms with Crippen molar-refractivity contribution in [2.75, 3.05) is 11.9 Å². The molecule has 1 amide bonds. The predicted octanol–water partition coefficient (Wildman–Crippen LogP) is 4.37. The van der Waals surface area contributed by atoms with E-state index in [1.54, 1.807) is 43.3 Å². The first-order valence-electron chi connectivity index (χ1n) is 9.08. The summed E-state index contributed by atoms with van der Waals surface area (Å²) in [6, 6.07) is 11.8. The number of amides is 1. The smallest absolute Gasteiger partial charge is 0.338 e. The Morgan fingerprint density at radius 3 is 2.41 bits per heavy atom. The van der Waals surface area contributed by atoms with Crippen LogP contribution in [0, 0.1) is 0 Å². The Hall–Kier alpha value is -2.95. The van der Waals surface area contributed by atoms with Crippen LogP contribution in [0.5, 0.6) is 0 Å². The number of nitrogens with one attached hydrogen (secondary N) is 1. The minimum atomic E-state index is -0.397. The third kappa shape index (κ3) is 3.92. The fraction of sp³-hybridized carbons (Fsp3) is 0.318. The molecule has 0 saturated carbocycles. The van der Waals surface area contributed by atoms with Gasteiger partial charge in [0.15, 0.2) is 5.78 Å². The highest BCUT2D eigenvalue weighted by molar-refractivity contribution is 6.07. The van der Waals surface area contributed by atoms with Crippen molar-refractivity contribution in [1.82, 2.24) is 0 Å². The highest BCUT2D eigenvalue weighted by Crippen LogP contribution is 2.37. The molecular weight excluding hydrogens is 342 g/mol.